The summed E-state index contributed by atoms with van der Waals surface area (Å²) in [6, 6.07) is 0. The Labute approximate surface area is 119 Å². The van der Waals surface area contributed by atoms with E-state index >= 15 is 0 Å². The highest BCUT2D eigenvalue weighted by Gasteiger charge is 2.15. The van der Waals surface area contributed by atoms with Crippen molar-refractivity contribution in [3.05, 3.63) is 10.6 Å². The Morgan fingerprint density at radius 2 is 2.21 bits per heavy atom. The Bertz CT molecular complexity index is 393. The smallest absolute Gasteiger partial charge is 0.226 e. The van der Waals surface area contributed by atoms with Crippen molar-refractivity contribution in [3.8, 4) is 0 Å². The largest absolute Gasteiger partial charge is 0.311 e. The molecule has 19 heavy (non-hydrogen) atoms. The summed E-state index contributed by atoms with van der Waals surface area (Å²) in [6.45, 7) is 4.08. The van der Waals surface area contributed by atoms with E-state index in [9.17, 15) is 4.79 Å². The van der Waals surface area contributed by atoms with E-state index in [1.807, 2.05) is 0 Å². The Morgan fingerprint density at radius 3 is 3.00 bits per heavy atom. The molecule has 0 saturated carbocycles. The molecule has 1 amide bonds. The molecule has 2 rings (SSSR count). The van der Waals surface area contributed by atoms with Crippen LogP contribution in [-0.2, 0) is 17.8 Å². The molecular weight excluding hydrogens is 258 g/mol. The zero-order chi connectivity index (χ0) is 13.5. The molecule has 0 fully saturated rings. The second-order valence-corrected chi connectivity index (χ2v) is 6.11. The van der Waals surface area contributed by atoms with Crippen LogP contribution in [0.4, 0.5) is 5.13 Å². The zero-order valence-electron chi connectivity index (χ0n) is 11.6. The SMILES string of the molecule is CCCCCCCC(=O)Nc1nc2c(s1)CNCC2. The van der Waals surface area contributed by atoms with Gasteiger partial charge in [0.05, 0.1) is 5.69 Å². The average Bonchev–Trinajstić information content (AvgIpc) is 2.80. The van der Waals surface area contributed by atoms with E-state index in [4.69, 9.17) is 0 Å². The Balaban J connectivity index is 1.71. The predicted octanol–water partition coefficient (Wildman–Crippen LogP) is 3.09. The molecule has 5 heteroatoms. The maximum absolute atomic E-state index is 11.8. The van der Waals surface area contributed by atoms with Crippen LogP contribution in [-0.4, -0.2) is 17.4 Å². The fraction of sp³-hybridized carbons (Fsp3) is 0.714. The number of fused-ring (bicyclic) bond motifs is 1. The minimum Gasteiger partial charge on any atom is -0.311 e. The summed E-state index contributed by atoms with van der Waals surface area (Å²) in [5.74, 6) is 0.107. The van der Waals surface area contributed by atoms with Gasteiger partial charge < -0.3 is 10.6 Å². The molecule has 1 aliphatic rings. The molecule has 2 N–H and O–H groups in total. The number of amides is 1. The first-order valence-electron chi connectivity index (χ1n) is 7.28. The lowest BCUT2D eigenvalue weighted by molar-refractivity contribution is -0.116. The van der Waals surface area contributed by atoms with E-state index in [0.29, 0.717) is 6.42 Å². The van der Waals surface area contributed by atoms with E-state index in [0.717, 1.165) is 43.2 Å². The van der Waals surface area contributed by atoms with Crippen LogP contribution >= 0.6 is 11.3 Å². The quantitative estimate of drug-likeness (QED) is 0.755. The molecule has 0 aromatic carbocycles. The first kappa shape index (κ1) is 14.5. The summed E-state index contributed by atoms with van der Waals surface area (Å²) in [5, 5.41) is 7.02. The van der Waals surface area contributed by atoms with Crippen LogP contribution in [0.2, 0.25) is 0 Å². The number of carbonyl (C=O) groups is 1. The first-order chi connectivity index (χ1) is 9.29. The summed E-state index contributed by atoms with van der Waals surface area (Å²) < 4.78 is 0. The lowest BCUT2D eigenvalue weighted by Gasteiger charge is -2.09. The van der Waals surface area contributed by atoms with Crippen LogP contribution in [0.1, 0.15) is 56.0 Å². The van der Waals surface area contributed by atoms with Crippen LogP contribution in [0.5, 0.6) is 0 Å². The maximum atomic E-state index is 11.8. The van der Waals surface area contributed by atoms with Gasteiger partial charge in [-0.25, -0.2) is 4.98 Å². The topological polar surface area (TPSA) is 54.0 Å². The molecule has 0 saturated heterocycles. The summed E-state index contributed by atoms with van der Waals surface area (Å²) in [7, 11) is 0. The average molecular weight is 281 g/mol. The molecule has 0 radical (unpaired) electrons. The molecule has 0 unspecified atom stereocenters. The number of hydrogen-bond acceptors (Lipinski definition) is 4. The summed E-state index contributed by atoms with van der Waals surface area (Å²) in [5.41, 5.74) is 1.15. The molecule has 2 heterocycles. The van der Waals surface area contributed by atoms with Gasteiger partial charge in [0.2, 0.25) is 5.91 Å². The van der Waals surface area contributed by atoms with Gasteiger partial charge in [-0.15, -0.1) is 11.3 Å². The fourth-order valence-corrected chi connectivity index (χ4v) is 3.24. The van der Waals surface area contributed by atoms with Crippen LogP contribution < -0.4 is 10.6 Å². The van der Waals surface area contributed by atoms with Crippen molar-refractivity contribution in [2.24, 2.45) is 0 Å². The highest BCUT2D eigenvalue weighted by molar-refractivity contribution is 7.15. The minimum absolute atomic E-state index is 0.107. The van der Waals surface area contributed by atoms with E-state index < -0.39 is 0 Å². The molecule has 0 atom stereocenters. The van der Waals surface area contributed by atoms with Crippen molar-refractivity contribution in [3.63, 3.8) is 0 Å². The summed E-state index contributed by atoms with van der Waals surface area (Å²) in [6.07, 6.45) is 7.47. The number of rotatable bonds is 7. The van der Waals surface area contributed by atoms with Crippen LogP contribution in [0.25, 0.3) is 0 Å². The monoisotopic (exact) mass is 281 g/mol. The van der Waals surface area contributed by atoms with E-state index in [1.165, 1.54) is 24.1 Å². The van der Waals surface area contributed by atoms with Crippen molar-refractivity contribution in [1.29, 1.82) is 0 Å². The third-order valence-corrected chi connectivity index (χ3v) is 4.37. The normalized spacial score (nSPS) is 14.2. The molecule has 0 spiro atoms. The molecule has 106 valence electrons. The van der Waals surface area contributed by atoms with Crippen molar-refractivity contribution in [2.75, 3.05) is 11.9 Å². The number of nitrogens with one attached hydrogen (secondary N) is 2. The minimum atomic E-state index is 0.107. The lowest BCUT2D eigenvalue weighted by atomic mass is 10.1. The third kappa shape index (κ3) is 4.58. The van der Waals surface area contributed by atoms with Gasteiger partial charge in [-0.1, -0.05) is 32.6 Å². The maximum Gasteiger partial charge on any atom is 0.226 e. The summed E-state index contributed by atoms with van der Waals surface area (Å²) >= 11 is 1.61. The van der Waals surface area contributed by atoms with Gasteiger partial charge in [0.15, 0.2) is 5.13 Å². The van der Waals surface area contributed by atoms with Gasteiger partial charge in [-0.05, 0) is 6.42 Å². The van der Waals surface area contributed by atoms with Gasteiger partial charge >= 0.3 is 0 Å². The van der Waals surface area contributed by atoms with Crippen molar-refractivity contribution < 1.29 is 4.79 Å². The molecule has 1 aliphatic heterocycles. The van der Waals surface area contributed by atoms with Crippen molar-refractivity contribution in [1.82, 2.24) is 10.3 Å². The zero-order valence-corrected chi connectivity index (χ0v) is 12.4. The van der Waals surface area contributed by atoms with Gasteiger partial charge in [-0.3, -0.25) is 4.79 Å². The third-order valence-electron chi connectivity index (χ3n) is 3.36. The number of carbonyl (C=O) groups excluding carboxylic acids is 1. The molecule has 1 aromatic heterocycles. The molecule has 4 nitrogen and oxygen atoms in total. The van der Waals surface area contributed by atoms with Gasteiger partial charge in [0, 0.05) is 30.8 Å². The molecule has 0 bridgehead atoms. The highest BCUT2D eigenvalue weighted by Crippen LogP contribution is 2.25. The fourth-order valence-electron chi connectivity index (χ4n) is 2.25. The molecule has 0 aliphatic carbocycles. The van der Waals surface area contributed by atoms with E-state index in [1.54, 1.807) is 11.3 Å². The summed E-state index contributed by atoms with van der Waals surface area (Å²) in [4.78, 5) is 17.6. The second-order valence-electron chi connectivity index (χ2n) is 5.03. The highest BCUT2D eigenvalue weighted by atomic mass is 32.1. The second kappa shape index (κ2) is 7.60. The Morgan fingerprint density at radius 1 is 1.37 bits per heavy atom. The number of anilines is 1. The van der Waals surface area contributed by atoms with Gasteiger partial charge in [-0.2, -0.15) is 0 Å². The van der Waals surface area contributed by atoms with Crippen LogP contribution in [0.3, 0.4) is 0 Å². The molecule has 1 aromatic rings. The van der Waals surface area contributed by atoms with E-state index in [2.05, 4.69) is 22.5 Å². The predicted molar refractivity (Wildman–Crippen MR) is 79.5 cm³/mol. The van der Waals surface area contributed by atoms with Crippen molar-refractivity contribution in [2.45, 2.75) is 58.4 Å². The Kier molecular flexibility index (Phi) is 5.79. The van der Waals surface area contributed by atoms with Crippen LogP contribution in [0.15, 0.2) is 0 Å². The first-order valence-corrected chi connectivity index (χ1v) is 8.10. The van der Waals surface area contributed by atoms with Gasteiger partial charge in [0.25, 0.3) is 0 Å². The lowest BCUT2D eigenvalue weighted by Crippen LogP contribution is -2.22. The van der Waals surface area contributed by atoms with Crippen LogP contribution in [0, 0.1) is 0 Å². The number of hydrogen-bond donors (Lipinski definition) is 2. The Hall–Kier alpha value is -0.940. The number of aromatic nitrogens is 1. The number of thiazole rings is 1. The number of unbranched alkanes of at least 4 members (excludes halogenated alkanes) is 4. The van der Waals surface area contributed by atoms with Crippen molar-refractivity contribution >= 4 is 22.4 Å². The van der Waals surface area contributed by atoms with E-state index in [-0.39, 0.29) is 5.91 Å². The van der Waals surface area contributed by atoms with Gasteiger partial charge in [0.1, 0.15) is 0 Å². The molecular formula is C14H23N3OS. The standard InChI is InChI=1S/C14H23N3OS/c1-2-3-4-5-6-7-13(18)17-14-16-11-8-9-15-10-12(11)19-14/h15H,2-10H2,1H3,(H,16,17,18). The number of nitrogens with zero attached hydrogens (tertiary/aromatic N) is 1.